The zero-order valence-electron chi connectivity index (χ0n) is 14.1. The van der Waals surface area contributed by atoms with Gasteiger partial charge in [-0.1, -0.05) is 11.6 Å². The normalized spacial score (nSPS) is 22.1. The third kappa shape index (κ3) is 3.99. The van der Waals surface area contributed by atoms with E-state index in [1.807, 2.05) is 0 Å². The number of hydrogen-bond acceptors (Lipinski definition) is 6. The van der Waals surface area contributed by atoms with Gasteiger partial charge in [0.2, 0.25) is 5.91 Å². The smallest absolute Gasteiger partial charge is 0.271 e. The fourth-order valence-corrected chi connectivity index (χ4v) is 4.89. The third-order valence-corrected chi connectivity index (χ3v) is 6.33. The molecule has 1 atom stereocenters. The molecule has 0 aromatic heterocycles. The molecule has 8 nitrogen and oxygen atoms in total. The van der Waals surface area contributed by atoms with Gasteiger partial charge in [-0.3, -0.25) is 9.59 Å². The van der Waals surface area contributed by atoms with E-state index in [0.717, 1.165) is 5.01 Å². The van der Waals surface area contributed by atoms with Gasteiger partial charge in [0.15, 0.2) is 9.84 Å². The molecule has 1 aromatic carbocycles. The molecule has 1 N–H and O–H groups in total. The highest BCUT2D eigenvalue weighted by Crippen LogP contribution is 2.27. The molecule has 10 heteroatoms. The second kappa shape index (κ2) is 7.24. The predicted molar refractivity (Wildman–Crippen MR) is 97.2 cm³/mol. The second-order valence-electron chi connectivity index (χ2n) is 6.15. The first kappa shape index (κ1) is 18.7. The average Bonchev–Trinajstić information content (AvgIpc) is 2.95. The fourth-order valence-electron chi connectivity index (χ4n) is 2.94. The Labute approximate surface area is 156 Å². The Bertz CT molecular complexity index is 884. The van der Waals surface area contributed by atoms with E-state index >= 15 is 0 Å². The zero-order chi connectivity index (χ0) is 18.9. The number of ether oxygens (including phenoxy) is 1. The Hall–Kier alpha value is -2.13. The second-order valence-corrected chi connectivity index (χ2v) is 8.78. The molecule has 3 rings (SSSR count). The number of carbonyl (C=O) groups excluding carboxylic acids is 2. The van der Waals surface area contributed by atoms with Gasteiger partial charge in [0.05, 0.1) is 29.7 Å². The molecule has 0 spiro atoms. The topological polar surface area (TPSA) is 105 Å². The van der Waals surface area contributed by atoms with Crippen LogP contribution in [0.25, 0.3) is 0 Å². The Morgan fingerprint density at radius 3 is 2.77 bits per heavy atom. The maximum Gasteiger partial charge on any atom is 0.271 e. The molecule has 2 heterocycles. The van der Waals surface area contributed by atoms with Crippen molar-refractivity contribution in [3.63, 3.8) is 0 Å². The summed E-state index contributed by atoms with van der Waals surface area (Å²) in [5, 5.41) is 8.32. The first-order valence-corrected chi connectivity index (χ1v) is 10.2. The van der Waals surface area contributed by atoms with Gasteiger partial charge in [-0.25, -0.2) is 13.4 Å². The monoisotopic (exact) mass is 399 g/mol. The fraction of sp³-hybridized carbons (Fsp3) is 0.438. The van der Waals surface area contributed by atoms with Gasteiger partial charge in [-0.15, -0.1) is 0 Å². The van der Waals surface area contributed by atoms with Gasteiger partial charge < -0.3 is 10.1 Å². The maximum absolute atomic E-state index is 12.5. The summed E-state index contributed by atoms with van der Waals surface area (Å²) >= 11 is 6.04. The van der Waals surface area contributed by atoms with Crippen LogP contribution in [0.2, 0.25) is 5.02 Å². The number of benzene rings is 1. The first-order chi connectivity index (χ1) is 12.3. The predicted octanol–water partition coefficient (Wildman–Crippen LogP) is 1.45. The van der Waals surface area contributed by atoms with Crippen LogP contribution in [-0.4, -0.2) is 55.6 Å². The Balaban J connectivity index is 1.75. The van der Waals surface area contributed by atoms with Crippen molar-refractivity contribution in [3.05, 3.63) is 23.2 Å². The number of nitrogens with one attached hydrogen (secondary N) is 1. The molecule has 26 heavy (non-hydrogen) atoms. The van der Waals surface area contributed by atoms with Crippen molar-refractivity contribution in [1.29, 1.82) is 0 Å². The molecule has 0 aliphatic carbocycles. The lowest BCUT2D eigenvalue weighted by Gasteiger charge is -2.27. The number of sulfone groups is 1. The minimum absolute atomic E-state index is 0.0306. The Morgan fingerprint density at radius 2 is 2.15 bits per heavy atom. The molecule has 1 unspecified atom stereocenters. The lowest BCUT2D eigenvalue weighted by Crippen LogP contribution is -2.42. The molecule has 140 valence electrons. The minimum atomic E-state index is -3.16. The van der Waals surface area contributed by atoms with E-state index in [1.165, 1.54) is 7.11 Å². The summed E-state index contributed by atoms with van der Waals surface area (Å²) in [7, 11) is -1.67. The van der Waals surface area contributed by atoms with E-state index in [1.54, 1.807) is 18.2 Å². The van der Waals surface area contributed by atoms with Crippen LogP contribution in [0.4, 0.5) is 5.69 Å². The van der Waals surface area contributed by atoms with Crippen LogP contribution in [-0.2, 0) is 19.4 Å². The molecule has 0 radical (unpaired) electrons. The number of anilines is 1. The number of rotatable bonds is 4. The van der Waals surface area contributed by atoms with Crippen LogP contribution in [0.15, 0.2) is 23.3 Å². The van der Waals surface area contributed by atoms with Crippen LogP contribution < -0.4 is 10.1 Å². The maximum atomic E-state index is 12.5. The third-order valence-electron chi connectivity index (χ3n) is 4.29. The highest BCUT2D eigenvalue weighted by atomic mass is 35.5. The summed E-state index contributed by atoms with van der Waals surface area (Å²) < 4.78 is 28.3. The van der Waals surface area contributed by atoms with Gasteiger partial charge in [0.1, 0.15) is 11.5 Å². The Kier molecular flexibility index (Phi) is 5.19. The van der Waals surface area contributed by atoms with Gasteiger partial charge in [0, 0.05) is 18.5 Å². The average molecular weight is 400 g/mol. The van der Waals surface area contributed by atoms with Crippen molar-refractivity contribution in [2.75, 3.05) is 23.9 Å². The first-order valence-electron chi connectivity index (χ1n) is 8.04. The van der Waals surface area contributed by atoms with Gasteiger partial charge in [-0.05, 0) is 24.6 Å². The standard InChI is InChI=1S/C16H18ClN3O5S/c1-25-14-4-2-10(8-12(14)17)18-16(22)13-3-5-15(21)20(19-13)11-6-7-26(23,24)9-11/h2,4,8,11H,3,5-7,9H2,1H3,(H,18,22). The lowest BCUT2D eigenvalue weighted by atomic mass is 10.1. The van der Waals surface area contributed by atoms with Crippen molar-refractivity contribution < 1.29 is 22.7 Å². The van der Waals surface area contributed by atoms with Crippen molar-refractivity contribution in [2.45, 2.75) is 25.3 Å². The molecular formula is C16H18ClN3O5S. The largest absolute Gasteiger partial charge is 0.495 e. The molecule has 2 aliphatic rings. The molecule has 2 aliphatic heterocycles. The van der Waals surface area contributed by atoms with Gasteiger partial charge in [0.25, 0.3) is 5.91 Å². The van der Waals surface area contributed by atoms with Crippen molar-refractivity contribution in [2.24, 2.45) is 5.10 Å². The van der Waals surface area contributed by atoms with E-state index < -0.39 is 21.8 Å². The number of hydrogen-bond donors (Lipinski definition) is 1. The number of halogens is 1. The summed E-state index contributed by atoms with van der Waals surface area (Å²) in [6, 6.07) is 4.30. The molecular weight excluding hydrogens is 382 g/mol. The molecule has 1 aromatic rings. The highest BCUT2D eigenvalue weighted by Gasteiger charge is 2.37. The molecule has 1 fully saturated rings. The van der Waals surface area contributed by atoms with E-state index in [2.05, 4.69) is 10.4 Å². The summed E-state index contributed by atoms with van der Waals surface area (Å²) in [5.74, 6) is -0.326. The number of methoxy groups -OCH3 is 1. The van der Waals surface area contributed by atoms with Gasteiger partial charge in [-0.2, -0.15) is 5.10 Å². The quantitative estimate of drug-likeness (QED) is 0.825. The van der Waals surface area contributed by atoms with Crippen molar-refractivity contribution in [1.82, 2.24) is 5.01 Å². The molecule has 2 amide bonds. The van der Waals surface area contributed by atoms with E-state index in [-0.39, 0.29) is 36.0 Å². The van der Waals surface area contributed by atoms with Crippen LogP contribution in [0.5, 0.6) is 5.75 Å². The number of nitrogens with zero attached hydrogens (tertiary/aromatic N) is 2. The molecule has 1 saturated heterocycles. The number of hydrazone groups is 1. The lowest BCUT2D eigenvalue weighted by molar-refractivity contribution is -0.133. The van der Waals surface area contributed by atoms with Crippen molar-refractivity contribution >= 4 is 44.7 Å². The van der Waals surface area contributed by atoms with Crippen LogP contribution in [0, 0.1) is 0 Å². The van der Waals surface area contributed by atoms with Gasteiger partial charge >= 0.3 is 0 Å². The Morgan fingerprint density at radius 1 is 1.38 bits per heavy atom. The highest BCUT2D eigenvalue weighted by molar-refractivity contribution is 7.91. The van der Waals surface area contributed by atoms with Crippen LogP contribution in [0.3, 0.4) is 0 Å². The van der Waals surface area contributed by atoms with Crippen molar-refractivity contribution in [3.8, 4) is 5.75 Å². The number of amides is 2. The molecule has 0 saturated carbocycles. The van der Waals surface area contributed by atoms with Crippen LogP contribution >= 0.6 is 11.6 Å². The van der Waals surface area contributed by atoms with E-state index in [0.29, 0.717) is 22.9 Å². The SMILES string of the molecule is COc1ccc(NC(=O)C2=NN(C3CCS(=O)(=O)C3)C(=O)CC2)cc1Cl. The minimum Gasteiger partial charge on any atom is -0.495 e. The van der Waals surface area contributed by atoms with Crippen LogP contribution in [0.1, 0.15) is 19.3 Å². The zero-order valence-corrected chi connectivity index (χ0v) is 15.6. The summed E-state index contributed by atoms with van der Waals surface area (Å²) in [6.45, 7) is 0. The molecule has 0 bridgehead atoms. The number of carbonyl (C=O) groups is 2. The summed E-state index contributed by atoms with van der Waals surface area (Å²) in [5.41, 5.74) is 0.649. The summed E-state index contributed by atoms with van der Waals surface area (Å²) in [4.78, 5) is 24.6. The van der Waals surface area contributed by atoms with E-state index in [9.17, 15) is 18.0 Å². The van der Waals surface area contributed by atoms with E-state index in [4.69, 9.17) is 16.3 Å². The summed E-state index contributed by atoms with van der Waals surface area (Å²) in [6.07, 6.45) is 0.650.